The van der Waals surface area contributed by atoms with Crippen LogP contribution in [0.2, 0.25) is 0 Å². The Morgan fingerprint density at radius 2 is 2.09 bits per heavy atom. The summed E-state index contributed by atoms with van der Waals surface area (Å²) in [6, 6.07) is 5.06. The fourth-order valence-corrected chi connectivity index (χ4v) is 2.84. The maximum atomic E-state index is 13.0. The first-order valence-corrected chi connectivity index (χ1v) is 6.89. The van der Waals surface area contributed by atoms with Crippen molar-refractivity contribution in [3.8, 4) is 0 Å². The number of nitrogens with zero attached hydrogens (tertiary/aromatic N) is 2. The Morgan fingerprint density at radius 3 is 2.57 bits per heavy atom. The van der Waals surface area contributed by atoms with Gasteiger partial charge < -0.3 is 5.11 Å². The molecule has 1 N–H and O–H groups in total. The molecule has 0 aliphatic carbocycles. The predicted molar refractivity (Wildman–Crippen MR) is 73.8 cm³/mol. The molecule has 1 fully saturated rings. The van der Waals surface area contributed by atoms with Crippen molar-refractivity contribution in [2.75, 3.05) is 13.1 Å². The van der Waals surface area contributed by atoms with Gasteiger partial charge in [-0.2, -0.15) is 13.2 Å². The lowest BCUT2D eigenvalue weighted by atomic mass is 9.96. The zero-order chi connectivity index (χ0) is 17.4. The Hall–Kier alpha value is -2.16. The lowest BCUT2D eigenvalue weighted by Gasteiger charge is -2.24. The van der Waals surface area contributed by atoms with Gasteiger partial charge in [0.15, 0.2) is 0 Å². The van der Waals surface area contributed by atoms with E-state index in [1.807, 2.05) is 0 Å². The van der Waals surface area contributed by atoms with Crippen LogP contribution in [0.1, 0.15) is 18.5 Å². The van der Waals surface area contributed by atoms with Gasteiger partial charge in [0.2, 0.25) is 0 Å². The molecular formula is C14H15F3N2O4. The van der Waals surface area contributed by atoms with Crippen LogP contribution in [-0.2, 0) is 4.79 Å². The lowest BCUT2D eigenvalue weighted by molar-refractivity contribution is -0.385. The number of nitro benzene ring substituents is 1. The highest BCUT2D eigenvalue weighted by molar-refractivity contribution is 5.71. The molecule has 126 valence electrons. The summed E-state index contributed by atoms with van der Waals surface area (Å²) >= 11 is 0. The van der Waals surface area contributed by atoms with E-state index in [9.17, 15) is 28.1 Å². The van der Waals surface area contributed by atoms with Crippen molar-refractivity contribution in [1.29, 1.82) is 0 Å². The molecule has 0 amide bonds. The summed E-state index contributed by atoms with van der Waals surface area (Å²) in [5, 5.41) is 19.8. The van der Waals surface area contributed by atoms with E-state index < -0.39 is 41.5 Å². The Morgan fingerprint density at radius 1 is 1.43 bits per heavy atom. The average Bonchev–Trinajstić information content (AvgIpc) is 2.92. The van der Waals surface area contributed by atoms with E-state index in [-0.39, 0.29) is 12.2 Å². The minimum absolute atomic E-state index is 0.157. The first-order chi connectivity index (χ1) is 10.6. The molecule has 1 aromatic carbocycles. The molecule has 1 aliphatic rings. The highest BCUT2D eigenvalue weighted by Crippen LogP contribution is 2.40. The van der Waals surface area contributed by atoms with Crippen LogP contribution in [0.25, 0.3) is 0 Å². The fourth-order valence-electron chi connectivity index (χ4n) is 2.84. The number of aliphatic carboxylic acids is 1. The van der Waals surface area contributed by atoms with Crippen LogP contribution in [0.3, 0.4) is 0 Å². The molecule has 1 saturated heterocycles. The first-order valence-electron chi connectivity index (χ1n) is 6.89. The summed E-state index contributed by atoms with van der Waals surface area (Å²) in [5.74, 6) is -4.96. The molecule has 9 heteroatoms. The molecule has 23 heavy (non-hydrogen) atoms. The molecule has 0 spiro atoms. The molecule has 6 nitrogen and oxygen atoms in total. The van der Waals surface area contributed by atoms with Gasteiger partial charge in [-0.3, -0.25) is 19.8 Å². The maximum absolute atomic E-state index is 13.0. The van der Waals surface area contributed by atoms with Crippen molar-refractivity contribution in [2.45, 2.75) is 19.1 Å². The lowest BCUT2D eigenvalue weighted by Crippen LogP contribution is -2.33. The summed E-state index contributed by atoms with van der Waals surface area (Å²) in [4.78, 5) is 22.7. The molecule has 1 aliphatic heterocycles. The summed E-state index contributed by atoms with van der Waals surface area (Å²) in [7, 11) is 0. The van der Waals surface area contributed by atoms with Gasteiger partial charge in [-0.05, 0) is 12.5 Å². The first kappa shape index (κ1) is 17.2. The van der Waals surface area contributed by atoms with E-state index in [0.29, 0.717) is 5.56 Å². The second kappa shape index (κ2) is 6.15. The summed E-state index contributed by atoms with van der Waals surface area (Å²) in [6.07, 6.45) is -4.60. The zero-order valence-corrected chi connectivity index (χ0v) is 12.2. The number of carboxylic acid groups (broad SMARTS) is 1. The van der Waals surface area contributed by atoms with Gasteiger partial charge in [-0.15, -0.1) is 0 Å². The molecule has 0 radical (unpaired) electrons. The SMILES string of the molecule is CC(c1cccc([N+](=O)[O-])c1)N1C[C@@H](C(F)(F)F)[C@H](C(=O)O)C1. The third-order valence-corrected chi connectivity index (χ3v) is 4.20. The monoisotopic (exact) mass is 332 g/mol. The van der Waals surface area contributed by atoms with Crippen LogP contribution in [0.15, 0.2) is 24.3 Å². The standard InChI is InChI=1S/C14H15F3N2O4/c1-8(9-3-2-4-10(5-9)19(22)23)18-6-11(13(20)21)12(7-18)14(15,16)17/h2-5,8,11-12H,6-7H2,1H3,(H,20,21)/t8?,11-,12-/m1/s1. The van der Waals surface area contributed by atoms with Gasteiger partial charge in [-0.1, -0.05) is 12.1 Å². The molecule has 1 aromatic rings. The number of halogens is 3. The van der Waals surface area contributed by atoms with Gasteiger partial charge >= 0.3 is 12.1 Å². The van der Waals surface area contributed by atoms with Gasteiger partial charge in [0.1, 0.15) is 0 Å². The number of carbonyl (C=O) groups is 1. The van der Waals surface area contributed by atoms with Crippen LogP contribution in [0, 0.1) is 22.0 Å². The highest BCUT2D eigenvalue weighted by atomic mass is 19.4. The van der Waals surface area contributed by atoms with Crippen LogP contribution in [0.5, 0.6) is 0 Å². The second-order valence-corrected chi connectivity index (χ2v) is 5.57. The minimum atomic E-state index is -4.60. The summed E-state index contributed by atoms with van der Waals surface area (Å²) in [5.41, 5.74) is 0.321. The Labute approximate surface area is 129 Å². The number of non-ortho nitro benzene ring substituents is 1. The number of benzene rings is 1. The van der Waals surface area contributed by atoms with E-state index >= 15 is 0 Å². The van der Waals surface area contributed by atoms with Crippen molar-refractivity contribution < 1.29 is 28.0 Å². The fraction of sp³-hybridized carbons (Fsp3) is 0.500. The van der Waals surface area contributed by atoms with Crippen LogP contribution >= 0.6 is 0 Å². The maximum Gasteiger partial charge on any atom is 0.393 e. The Kier molecular flexibility index (Phi) is 4.60. The number of rotatable bonds is 4. The molecular weight excluding hydrogens is 317 g/mol. The minimum Gasteiger partial charge on any atom is -0.481 e. The molecule has 1 heterocycles. The van der Waals surface area contributed by atoms with E-state index in [2.05, 4.69) is 0 Å². The second-order valence-electron chi connectivity index (χ2n) is 5.57. The smallest absolute Gasteiger partial charge is 0.393 e. The normalized spacial score (nSPS) is 23.7. The third kappa shape index (κ3) is 3.61. The number of nitro groups is 1. The van der Waals surface area contributed by atoms with Crippen molar-refractivity contribution in [2.24, 2.45) is 11.8 Å². The molecule has 0 bridgehead atoms. The Balaban J connectivity index is 2.23. The van der Waals surface area contributed by atoms with Crippen molar-refractivity contribution in [3.05, 3.63) is 39.9 Å². The highest BCUT2D eigenvalue weighted by Gasteiger charge is 2.53. The van der Waals surface area contributed by atoms with E-state index in [1.54, 1.807) is 13.0 Å². The van der Waals surface area contributed by atoms with Crippen LogP contribution in [0.4, 0.5) is 18.9 Å². The van der Waals surface area contributed by atoms with Gasteiger partial charge in [0.25, 0.3) is 5.69 Å². The van der Waals surface area contributed by atoms with Gasteiger partial charge in [-0.25, -0.2) is 0 Å². The largest absolute Gasteiger partial charge is 0.481 e. The van der Waals surface area contributed by atoms with Crippen molar-refractivity contribution in [3.63, 3.8) is 0 Å². The number of likely N-dealkylation sites (tertiary alicyclic amines) is 1. The number of hydrogen-bond acceptors (Lipinski definition) is 4. The summed E-state index contributed by atoms with van der Waals surface area (Å²) < 4.78 is 39.0. The van der Waals surface area contributed by atoms with Crippen molar-refractivity contribution >= 4 is 11.7 Å². The summed E-state index contributed by atoms with van der Waals surface area (Å²) in [6.45, 7) is 0.921. The van der Waals surface area contributed by atoms with Gasteiger partial charge in [0.05, 0.1) is 16.8 Å². The molecule has 0 saturated carbocycles. The average molecular weight is 332 g/mol. The third-order valence-electron chi connectivity index (χ3n) is 4.20. The zero-order valence-electron chi connectivity index (χ0n) is 12.2. The van der Waals surface area contributed by atoms with Crippen LogP contribution in [-0.4, -0.2) is 40.2 Å². The van der Waals surface area contributed by atoms with E-state index in [1.165, 1.54) is 23.1 Å². The van der Waals surface area contributed by atoms with Crippen molar-refractivity contribution in [1.82, 2.24) is 4.90 Å². The Bertz CT molecular complexity index is 620. The number of alkyl halides is 3. The van der Waals surface area contributed by atoms with E-state index in [0.717, 1.165) is 0 Å². The number of carboxylic acids is 1. The molecule has 1 unspecified atom stereocenters. The predicted octanol–water partition coefficient (Wildman–Crippen LogP) is 2.85. The topological polar surface area (TPSA) is 83.7 Å². The molecule has 3 atom stereocenters. The van der Waals surface area contributed by atoms with Gasteiger partial charge in [0, 0.05) is 31.3 Å². The van der Waals surface area contributed by atoms with E-state index in [4.69, 9.17) is 5.11 Å². The quantitative estimate of drug-likeness (QED) is 0.677. The molecule has 0 aromatic heterocycles. The van der Waals surface area contributed by atoms with Crippen LogP contribution < -0.4 is 0 Å². The number of hydrogen-bond donors (Lipinski definition) is 1. The molecule has 2 rings (SSSR count).